The van der Waals surface area contributed by atoms with E-state index < -0.39 is 24.2 Å². The Labute approximate surface area is 162 Å². The molecule has 0 unspecified atom stereocenters. The molecule has 2 aliphatic rings. The zero-order valence-electron chi connectivity index (χ0n) is 14.0. The monoisotopic (exact) mass is 420 g/mol. The van der Waals surface area contributed by atoms with E-state index in [0.717, 1.165) is 16.2 Å². The quantitative estimate of drug-likeness (QED) is 0.796. The molecule has 0 aliphatic carbocycles. The maximum atomic E-state index is 13.7. The number of amides is 1. The number of rotatable bonds is 2. The van der Waals surface area contributed by atoms with Gasteiger partial charge < -0.3 is 14.6 Å². The van der Waals surface area contributed by atoms with Gasteiger partial charge in [-0.1, -0.05) is 11.6 Å². The Morgan fingerprint density at radius 3 is 2.74 bits per heavy atom. The maximum absolute atomic E-state index is 13.7. The number of hydrogen-bond donors (Lipinski definition) is 1. The summed E-state index contributed by atoms with van der Waals surface area (Å²) in [5.41, 5.74) is -0.152. The van der Waals surface area contributed by atoms with Crippen LogP contribution in [0.15, 0.2) is 22.8 Å². The minimum Gasteiger partial charge on any atom is -0.467 e. The van der Waals surface area contributed by atoms with Gasteiger partial charge >= 0.3 is 6.18 Å². The fraction of sp³-hybridized carbons (Fsp3) is 0.500. The average molecular weight is 421 g/mol. The molecule has 2 atom stereocenters. The van der Waals surface area contributed by atoms with Gasteiger partial charge in [-0.25, -0.2) is 4.68 Å². The van der Waals surface area contributed by atoms with Crippen molar-refractivity contribution in [1.29, 1.82) is 0 Å². The van der Waals surface area contributed by atoms with Crippen molar-refractivity contribution < 1.29 is 22.4 Å². The highest BCUT2D eigenvalue weighted by Crippen LogP contribution is 2.46. The second-order valence-electron chi connectivity index (χ2n) is 6.37. The maximum Gasteiger partial charge on any atom is 0.410 e. The Morgan fingerprint density at radius 2 is 2.11 bits per heavy atom. The number of alkyl halides is 3. The number of aromatic nitrogens is 2. The Kier molecular flexibility index (Phi) is 4.79. The van der Waals surface area contributed by atoms with Crippen molar-refractivity contribution in [3.05, 3.63) is 34.9 Å². The minimum absolute atomic E-state index is 0.0126. The van der Waals surface area contributed by atoms with Crippen LogP contribution in [0.3, 0.4) is 0 Å². The number of anilines is 1. The van der Waals surface area contributed by atoms with E-state index in [2.05, 4.69) is 10.4 Å². The molecule has 27 heavy (non-hydrogen) atoms. The van der Waals surface area contributed by atoms with Crippen LogP contribution in [-0.4, -0.2) is 51.4 Å². The molecule has 1 amide bonds. The lowest BCUT2D eigenvalue weighted by molar-refractivity contribution is -0.174. The highest BCUT2D eigenvalue weighted by atomic mass is 35.5. The minimum atomic E-state index is -4.54. The molecule has 2 aromatic rings. The van der Waals surface area contributed by atoms with E-state index in [-0.39, 0.29) is 23.0 Å². The summed E-state index contributed by atoms with van der Waals surface area (Å²) in [5, 5.41) is 6.82. The van der Waals surface area contributed by atoms with Crippen LogP contribution in [0.5, 0.6) is 0 Å². The first-order chi connectivity index (χ1) is 12.9. The van der Waals surface area contributed by atoms with E-state index >= 15 is 0 Å². The zero-order chi connectivity index (χ0) is 19.2. The molecule has 4 rings (SSSR count). The van der Waals surface area contributed by atoms with Crippen LogP contribution in [0.1, 0.15) is 34.8 Å². The lowest BCUT2D eigenvalue weighted by Gasteiger charge is -2.32. The second kappa shape index (κ2) is 6.97. The standard InChI is InChI=1S/C16H16ClF3N4O2S/c17-12-13(15(25)23-3-6-27-7-4-23)22-24-11(16(18,19)20)8-9(21-14(12)24)10-2-1-5-26-10/h1-2,5,9,11,21H,3-4,6-8H2/t9-,11-/m0/s1. The molecule has 1 saturated heterocycles. The van der Waals surface area contributed by atoms with E-state index in [4.69, 9.17) is 16.0 Å². The van der Waals surface area contributed by atoms with Crippen LogP contribution in [-0.2, 0) is 0 Å². The van der Waals surface area contributed by atoms with Gasteiger partial charge in [0.15, 0.2) is 11.7 Å². The summed E-state index contributed by atoms with van der Waals surface area (Å²) in [7, 11) is 0. The van der Waals surface area contributed by atoms with E-state index in [0.29, 0.717) is 18.8 Å². The highest BCUT2D eigenvalue weighted by molar-refractivity contribution is 7.99. The predicted octanol–water partition coefficient (Wildman–Crippen LogP) is 3.98. The molecule has 0 radical (unpaired) electrons. The molecule has 2 aromatic heterocycles. The molecule has 11 heteroatoms. The number of halogens is 4. The normalized spacial score (nSPS) is 23.0. The third-order valence-corrected chi connectivity index (χ3v) is 5.98. The van der Waals surface area contributed by atoms with Crippen LogP contribution in [0.25, 0.3) is 0 Å². The number of carbonyl (C=O) groups is 1. The van der Waals surface area contributed by atoms with Gasteiger partial charge in [-0.15, -0.1) is 0 Å². The number of nitrogens with zero attached hydrogens (tertiary/aromatic N) is 3. The van der Waals surface area contributed by atoms with Gasteiger partial charge in [-0.3, -0.25) is 4.79 Å². The number of nitrogens with one attached hydrogen (secondary N) is 1. The number of carbonyl (C=O) groups excluding carboxylic acids is 1. The third-order valence-electron chi connectivity index (χ3n) is 4.68. The number of hydrogen-bond acceptors (Lipinski definition) is 5. The lowest BCUT2D eigenvalue weighted by atomic mass is 10.0. The van der Waals surface area contributed by atoms with E-state index in [1.54, 1.807) is 28.8 Å². The molecule has 1 N–H and O–H groups in total. The van der Waals surface area contributed by atoms with Crippen molar-refractivity contribution in [2.75, 3.05) is 29.9 Å². The first-order valence-corrected chi connectivity index (χ1v) is 9.91. The summed E-state index contributed by atoms with van der Waals surface area (Å²) in [5.74, 6) is 1.47. The average Bonchev–Trinajstić information content (AvgIpc) is 3.29. The second-order valence-corrected chi connectivity index (χ2v) is 7.97. The molecule has 4 heterocycles. The first kappa shape index (κ1) is 18.5. The van der Waals surface area contributed by atoms with Gasteiger partial charge in [0.1, 0.15) is 16.6 Å². The third kappa shape index (κ3) is 3.40. The van der Waals surface area contributed by atoms with Gasteiger partial charge in [0.25, 0.3) is 5.91 Å². The van der Waals surface area contributed by atoms with Gasteiger partial charge in [0.05, 0.1) is 12.3 Å². The Hall–Kier alpha value is -1.81. The molecule has 0 saturated carbocycles. The Morgan fingerprint density at radius 1 is 1.37 bits per heavy atom. The lowest BCUT2D eigenvalue weighted by Crippen LogP contribution is -2.38. The molecule has 0 spiro atoms. The van der Waals surface area contributed by atoms with Crippen molar-refractivity contribution in [1.82, 2.24) is 14.7 Å². The Bertz CT molecular complexity index is 834. The summed E-state index contributed by atoms with van der Waals surface area (Å²) >= 11 is 8.02. The van der Waals surface area contributed by atoms with Crippen molar-refractivity contribution in [3.63, 3.8) is 0 Å². The highest BCUT2D eigenvalue weighted by Gasteiger charge is 2.48. The van der Waals surface area contributed by atoms with E-state index in [9.17, 15) is 18.0 Å². The molecule has 0 bridgehead atoms. The largest absolute Gasteiger partial charge is 0.467 e. The van der Waals surface area contributed by atoms with E-state index in [1.165, 1.54) is 6.26 Å². The summed E-state index contributed by atoms with van der Waals surface area (Å²) in [6.45, 7) is 1.04. The molecule has 0 aromatic carbocycles. The fourth-order valence-electron chi connectivity index (χ4n) is 3.32. The first-order valence-electron chi connectivity index (χ1n) is 8.38. The fourth-order valence-corrected chi connectivity index (χ4v) is 4.48. The number of furan rings is 1. The molecular weight excluding hydrogens is 405 g/mol. The van der Waals surface area contributed by atoms with Crippen molar-refractivity contribution in [3.8, 4) is 0 Å². The topological polar surface area (TPSA) is 63.3 Å². The predicted molar refractivity (Wildman–Crippen MR) is 95.2 cm³/mol. The molecular formula is C16H16ClF3N4O2S. The number of thioether (sulfide) groups is 1. The smallest absolute Gasteiger partial charge is 0.410 e. The number of fused-ring (bicyclic) bond motifs is 1. The molecule has 1 fully saturated rings. The van der Waals surface area contributed by atoms with Crippen molar-refractivity contribution in [2.24, 2.45) is 0 Å². The Balaban J connectivity index is 1.72. The summed E-state index contributed by atoms with van der Waals surface area (Å²) < 4.78 is 47.1. The molecule has 2 aliphatic heterocycles. The van der Waals surface area contributed by atoms with Crippen molar-refractivity contribution in [2.45, 2.75) is 24.7 Å². The van der Waals surface area contributed by atoms with Crippen LogP contribution < -0.4 is 5.32 Å². The van der Waals surface area contributed by atoms with Crippen LogP contribution >= 0.6 is 23.4 Å². The molecule has 6 nitrogen and oxygen atoms in total. The van der Waals surface area contributed by atoms with Gasteiger partial charge in [-0.2, -0.15) is 30.0 Å². The van der Waals surface area contributed by atoms with Gasteiger partial charge in [0, 0.05) is 31.0 Å². The molecule has 146 valence electrons. The van der Waals surface area contributed by atoms with Crippen molar-refractivity contribution >= 4 is 35.1 Å². The summed E-state index contributed by atoms with van der Waals surface area (Å²) in [4.78, 5) is 14.3. The SMILES string of the molecule is O=C(c1nn2c(c1Cl)N[C@H](c1ccco1)C[C@H]2C(F)(F)F)N1CCSCC1. The van der Waals surface area contributed by atoms with Gasteiger partial charge in [0.2, 0.25) is 0 Å². The summed E-state index contributed by atoms with van der Waals surface area (Å²) in [6.07, 6.45) is -3.45. The van der Waals surface area contributed by atoms with Gasteiger partial charge in [-0.05, 0) is 12.1 Å². The van der Waals surface area contributed by atoms with Crippen LogP contribution in [0.2, 0.25) is 5.02 Å². The van der Waals surface area contributed by atoms with Crippen LogP contribution in [0, 0.1) is 0 Å². The van der Waals surface area contributed by atoms with E-state index in [1.807, 2.05) is 0 Å². The summed E-state index contributed by atoms with van der Waals surface area (Å²) in [6, 6.07) is 0.585. The van der Waals surface area contributed by atoms with Crippen LogP contribution in [0.4, 0.5) is 19.0 Å². The zero-order valence-corrected chi connectivity index (χ0v) is 15.6.